The Morgan fingerprint density at radius 3 is 2.41 bits per heavy atom. The van der Waals surface area contributed by atoms with Crippen LogP contribution in [0.5, 0.6) is 11.5 Å². The van der Waals surface area contributed by atoms with Crippen molar-refractivity contribution in [3.63, 3.8) is 0 Å². The summed E-state index contributed by atoms with van der Waals surface area (Å²) in [6, 6.07) is 5.55. The highest BCUT2D eigenvalue weighted by molar-refractivity contribution is 5.60. The molecule has 1 rings (SSSR count). The lowest BCUT2D eigenvalue weighted by Gasteiger charge is -2.22. The molecule has 1 aromatic carbocycles. The van der Waals surface area contributed by atoms with Crippen LogP contribution in [-0.2, 0) is 0 Å². The molecule has 0 heterocycles. The maximum absolute atomic E-state index is 9.31. The van der Waals surface area contributed by atoms with Gasteiger partial charge in [-0.2, -0.15) is 0 Å². The zero-order valence-corrected chi connectivity index (χ0v) is 10.9. The molecule has 0 aliphatic rings. The predicted molar refractivity (Wildman–Crippen MR) is 68.9 cm³/mol. The van der Waals surface area contributed by atoms with Crippen LogP contribution in [0.1, 0.15) is 13.8 Å². The van der Waals surface area contributed by atoms with Gasteiger partial charge in [0.1, 0.15) is 11.5 Å². The van der Waals surface area contributed by atoms with Gasteiger partial charge in [0.05, 0.1) is 32.6 Å². The van der Waals surface area contributed by atoms with Crippen LogP contribution >= 0.6 is 0 Å². The van der Waals surface area contributed by atoms with Crippen LogP contribution in [0.2, 0.25) is 0 Å². The lowest BCUT2D eigenvalue weighted by atomic mass is 10.0. The van der Waals surface area contributed by atoms with Crippen LogP contribution in [-0.4, -0.2) is 32.0 Å². The van der Waals surface area contributed by atoms with Crippen LogP contribution < -0.4 is 14.8 Å². The van der Waals surface area contributed by atoms with Gasteiger partial charge < -0.3 is 19.9 Å². The quantitative estimate of drug-likeness (QED) is 0.798. The summed E-state index contributed by atoms with van der Waals surface area (Å²) in [6.45, 7) is 4.19. The molecule has 0 saturated heterocycles. The standard InChI is InChI=1S/C13H21NO3/c1-9(2)12(8-15)14-11-7-10(16-3)5-6-13(11)17-4/h5-7,9,12,14-15H,8H2,1-4H3. The number of hydrogen-bond acceptors (Lipinski definition) is 4. The molecule has 0 bridgehead atoms. The Labute approximate surface area is 103 Å². The molecule has 0 spiro atoms. The molecule has 0 fully saturated rings. The first kappa shape index (κ1) is 13.6. The van der Waals surface area contributed by atoms with Gasteiger partial charge in [0.25, 0.3) is 0 Å². The molecule has 1 aromatic rings. The summed E-state index contributed by atoms with van der Waals surface area (Å²) in [5.41, 5.74) is 0.833. The van der Waals surface area contributed by atoms with Gasteiger partial charge in [-0.15, -0.1) is 0 Å². The Morgan fingerprint density at radius 2 is 1.94 bits per heavy atom. The van der Waals surface area contributed by atoms with Gasteiger partial charge in [-0.25, -0.2) is 0 Å². The highest BCUT2D eigenvalue weighted by atomic mass is 16.5. The number of nitrogens with one attached hydrogen (secondary N) is 1. The van der Waals surface area contributed by atoms with Crippen molar-refractivity contribution in [2.45, 2.75) is 19.9 Å². The second-order valence-corrected chi connectivity index (χ2v) is 4.24. The molecule has 4 nitrogen and oxygen atoms in total. The van der Waals surface area contributed by atoms with E-state index in [0.717, 1.165) is 17.2 Å². The molecular formula is C13H21NO3. The van der Waals surface area contributed by atoms with E-state index in [4.69, 9.17) is 9.47 Å². The van der Waals surface area contributed by atoms with Crippen LogP contribution in [0.4, 0.5) is 5.69 Å². The number of aliphatic hydroxyl groups excluding tert-OH is 1. The molecule has 17 heavy (non-hydrogen) atoms. The Hall–Kier alpha value is -1.42. The fourth-order valence-corrected chi connectivity index (χ4v) is 1.55. The zero-order valence-electron chi connectivity index (χ0n) is 10.9. The lowest BCUT2D eigenvalue weighted by molar-refractivity contribution is 0.249. The third-order valence-electron chi connectivity index (χ3n) is 2.75. The molecule has 96 valence electrons. The fraction of sp³-hybridized carbons (Fsp3) is 0.538. The molecule has 0 aliphatic heterocycles. The van der Waals surface area contributed by atoms with Gasteiger partial charge in [0.2, 0.25) is 0 Å². The van der Waals surface area contributed by atoms with Crippen molar-refractivity contribution in [1.82, 2.24) is 0 Å². The summed E-state index contributed by atoms with van der Waals surface area (Å²) in [6.07, 6.45) is 0. The third kappa shape index (κ3) is 3.53. The predicted octanol–water partition coefficient (Wildman–Crippen LogP) is 2.13. The third-order valence-corrected chi connectivity index (χ3v) is 2.75. The van der Waals surface area contributed by atoms with E-state index in [-0.39, 0.29) is 12.6 Å². The normalized spacial score (nSPS) is 12.4. The van der Waals surface area contributed by atoms with E-state index in [9.17, 15) is 5.11 Å². The number of hydrogen-bond donors (Lipinski definition) is 2. The highest BCUT2D eigenvalue weighted by Crippen LogP contribution is 2.30. The minimum atomic E-state index is -0.00370. The molecule has 0 aromatic heterocycles. The average Bonchev–Trinajstić information content (AvgIpc) is 2.35. The number of rotatable bonds is 6. The largest absolute Gasteiger partial charge is 0.497 e. The van der Waals surface area contributed by atoms with Crippen LogP contribution in [0.15, 0.2) is 18.2 Å². The van der Waals surface area contributed by atoms with Gasteiger partial charge >= 0.3 is 0 Å². The molecule has 1 unspecified atom stereocenters. The molecule has 0 amide bonds. The van der Waals surface area contributed by atoms with E-state index in [1.165, 1.54) is 0 Å². The summed E-state index contributed by atoms with van der Waals surface area (Å²) in [7, 11) is 3.24. The van der Waals surface area contributed by atoms with E-state index < -0.39 is 0 Å². The molecule has 0 aliphatic carbocycles. The monoisotopic (exact) mass is 239 g/mol. The summed E-state index contributed by atoms with van der Waals surface area (Å²) >= 11 is 0. The molecule has 0 saturated carbocycles. The van der Waals surface area contributed by atoms with E-state index in [2.05, 4.69) is 19.2 Å². The van der Waals surface area contributed by atoms with E-state index in [1.54, 1.807) is 14.2 Å². The van der Waals surface area contributed by atoms with Crippen LogP contribution in [0.25, 0.3) is 0 Å². The van der Waals surface area contributed by atoms with E-state index >= 15 is 0 Å². The van der Waals surface area contributed by atoms with Crippen molar-refractivity contribution in [1.29, 1.82) is 0 Å². The average molecular weight is 239 g/mol. The highest BCUT2D eigenvalue weighted by Gasteiger charge is 2.14. The second kappa shape index (κ2) is 6.35. The number of benzene rings is 1. The SMILES string of the molecule is COc1ccc(OC)c(NC(CO)C(C)C)c1. The first-order chi connectivity index (χ1) is 8.12. The Bertz CT molecular complexity index is 353. The number of ether oxygens (including phenoxy) is 2. The minimum absolute atomic E-state index is 0.00370. The van der Waals surface area contributed by atoms with Crippen molar-refractivity contribution in [2.24, 2.45) is 5.92 Å². The Morgan fingerprint density at radius 1 is 1.24 bits per heavy atom. The summed E-state index contributed by atoms with van der Waals surface area (Å²) in [5, 5.41) is 12.6. The maximum Gasteiger partial charge on any atom is 0.142 e. The molecule has 0 radical (unpaired) electrons. The first-order valence-electron chi connectivity index (χ1n) is 5.71. The van der Waals surface area contributed by atoms with Gasteiger partial charge in [-0.05, 0) is 18.1 Å². The first-order valence-corrected chi connectivity index (χ1v) is 5.71. The van der Waals surface area contributed by atoms with Gasteiger partial charge in [-0.3, -0.25) is 0 Å². The maximum atomic E-state index is 9.31. The summed E-state index contributed by atoms with van der Waals surface area (Å²) < 4.78 is 10.4. The van der Waals surface area contributed by atoms with Crippen molar-refractivity contribution < 1.29 is 14.6 Å². The second-order valence-electron chi connectivity index (χ2n) is 4.24. The van der Waals surface area contributed by atoms with Gasteiger partial charge in [-0.1, -0.05) is 13.8 Å². The lowest BCUT2D eigenvalue weighted by Crippen LogP contribution is -2.29. The fourth-order valence-electron chi connectivity index (χ4n) is 1.55. The zero-order chi connectivity index (χ0) is 12.8. The minimum Gasteiger partial charge on any atom is -0.497 e. The smallest absolute Gasteiger partial charge is 0.142 e. The van der Waals surface area contributed by atoms with Gasteiger partial charge in [0, 0.05) is 6.07 Å². The van der Waals surface area contributed by atoms with Gasteiger partial charge in [0.15, 0.2) is 0 Å². The van der Waals surface area contributed by atoms with Crippen LogP contribution in [0, 0.1) is 5.92 Å². The number of aliphatic hydroxyl groups is 1. The topological polar surface area (TPSA) is 50.7 Å². The summed E-state index contributed by atoms with van der Waals surface area (Å²) in [5.74, 6) is 1.83. The van der Waals surface area contributed by atoms with Crippen molar-refractivity contribution >= 4 is 5.69 Å². The van der Waals surface area contributed by atoms with E-state index in [1.807, 2.05) is 18.2 Å². The summed E-state index contributed by atoms with van der Waals surface area (Å²) in [4.78, 5) is 0. The molecule has 4 heteroatoms. The van der Waals surface area contributed by atoms with Crippen LogP contribution in [0.3, 0.4) is 0 Å². The molecule has 1 atom stereocenters. The molecule has 2 N–H and O–H groups in total. The molecular weight excluding hydrogens is 218 g/mol. The Kier molecular flexibility index (Phi) is 5.10. The van der Waals surface area contributed by atoms with Crippen molar-refractivity contribution in [3.05, 3.63) is 18.2 Å². The number of methoxy groups -OCH3 is 2. The van der Waals surface area contributed by atoms with Crippen molar-refractivity contribution in [3.8, 4) is 11.5 Å². The van der Waals surface area contributed by atoms with E-state index in [0.29, 0.717) is 5.92 Å². The Balaban J connectivity index is 2.93. The van der Waals surface area contributed by atoms with Crippen molar-refractivity contribution in [2.75, 3.05) is 26.1 Å². The number of anilines is 1.